The average molecular weight is 618 g/mol. The quantitative estimate of drug-likeness (QED) is 0.396. The van der Waals surface area contributed by atoms with Gasteiger partial charge < -0.3 is 19.5 Å². The van der Waals surface area contributed by atoms with E-state index in [4.69, 9.17) is 14.2 Å². The lowest BCUT2D eigenvalue weighted by Gasteiger charge is -2.32. The molecule has 0 atom stereocenters. The normalized spacial score (nSPS) is 15.3. The number of thiophene rings is 1. The SMILES string of the molecule is CCS(=O)(=O)N1CCC(Nc2cccc(-c3sc(C(=O)OC)c(OCC(=O)OC(C)(C)C)c3Br)c2)CC1. The van der Waals surface area contributed by atoms with Crippen LogP contribution in [0.15, 0.2) is 28.7 Å². The number of benzene rings is 1. The number of sulfonamides is 1. The second kappa shape index (κ2) is 12.1. The number of nitrogens with zero attached hydrogens (tertiary/aromatic N) is 1. The molecule has 1 saturated heterocycles. The lowest BCUT2D eigenvalue weighted by atomic mass is 10.1. The minimum absolute atomic E-state index is 0.111. The van der Waals surface area contributed by atoms with E-state index >= 15 is 0 Å². The summed E-state index contributed by atoms with van der Waals surface area (Å²) in [4.78, 5) is 25.6. The lowest BCUT2D eigenvalue weighted by molar-refractivity contribution is -0.157. The Morgan fingerprint density at radius 2 is 1.89 bits per heavy atom. The minimum atomic E-state index is -3.17. The van der Waals surface area contributed by atoms with E-state index in [1.165, 1.54) is 18.4 Å². The molecule has 12 heteroatoms. The Balaban J connectivity index is 1.78. The van der Waals surface area contributed by atoms with E-state index in [9.17, 15) is 18.0 Å². The van der Waals surface area contributed by atoms with Gasteiger partial charge in [0.05, 0.1) is 22.2 Å². The first-order valence-corrected chi connectivity index (χ1v) is 15.2. The molecule has 0 unspecified atom stereocenters. The maximum absolute atomic E-state index is 12.5. The number of halogens is 1. The third kappa shape index (κ3) is 7.68. The number of carbonyl (C=O) groups is 2. The molecule has 1 N–H and O–H groups in total. The first-order chi connectivity index (χ1) is 17.3. The van der Waals surface area contributed by atoms with Crippen LogP contribution >= 0.6 is 27.3 Å². The topological polar surface area (TPSA) is 111 Å². The van der Waals surface area contributed by atoms with Gasteiger partial charge in [0.2, 0.25) is 10.0 Å². The van der Waals surface area contributed by atoms with Crippen LogP contribution in [0.4, 0.5) is 5.69 Å². The molecule has 0 amide bonds. The Labute approximate surface area is 230 Å². The molecule has 0 spiro atoms. The second-order valence-electron chi connectivity index (χ2n) is 9.57. The molecule has 1 aliphatic rings. The van der Waals surface area contributed by atoms with E-state index in [2.05, 4.69) is 21.2 Å². The van der Waals surface area contributed by atoms with E-state index in [1.54, 1.807) is 32.0 Å². The molecule has 204 valence electrons. The van der Waals surface area contributed by atoms with Gasteiger partial charge in [0.1, 0.15) is 5.60 Å². The number of hydrogen-bond acceptors (Lipinski definition) is 9. The molecule has 0 saturated carbocycles. The van der Waals surface area contributed by atoms with Crippen LogP contribution in [-0.4, -0.2) is 68.9 Å². The van der Waals surface area contributed by atoms with Gasteiger partial charge >= 0.3 is 11.9 Å². The molecule has 1 aliphatic heterocycles. The molecule has 2 aromatic rings. The van der Waals surface area contributed by atoms with Crippen molar-refractivity contribution >= 4 is 54.9 Å². The zero-order chi connectivity index (χ0) is 27.4. The standard InChI is InChI=1S/C25H33BrN2O7S2/c1-6-37(31,32)28-12-10-17(11-13-28)27-18-9-7-8-16(14-18)22-20(26)21(23(36-22)24(30)33-5)34-15-19(29)35-25(2,3)4/h7-9,14,17,27H,6,10-13,15H2,1-5H3. The Bertz CT molecular complexity index is 1230. The van der Waals surface area contributed by atoms with Crippen molar-refractivity contribution in [3.8, 4) is 16.2 Å². The summed E-state index contributed by atoms with van der Waals surface area (Å²) in [6, 6.07) is 7.87. The predicted molar refractivity (Wildman–Crippen MR) is 148 cm³/mol. The van der Waals surface area contributed by atoms with Crippen molar-refractivity contribution in [3.05, 3.63) is 33.6 Å². The van der Waals surface area contributed by atoms with Crippen LogP contribution in [0.3, 0.4) is 0 Å². The van der Waals surface area contributed by atoms with Crippen LogP contribution in [0.1, 0.15) is 50.2 Å². The second-order valence-corrected chi connectivity index (χ2v) is 13.6. The zero-order valence-electron chi connectivity index (χ0n) is 21.6. The highest BCUT2D eigenvalue weighted by molar-refractivity contribution is 9.10. The van der Waals surface area contributed by atoms with Crippen molar-refractivity contribution in [2.24, 2.45) is 0 Å². The van der Waals surface area contributed by atoms with Crippen molar-refractivity contribution in [1.29, 1.82) is 0 Å². The Morgan fingerprint density at radius 3 is 2.49 bits per heavy atom. The van der Waals surface area contributed by atoms with Gasteiger partial charge in [-0.2, -0.15) is 0 Å². The number of nitrogens with one attached hydrogen (secondary N) is 1. The monoisotopic (exact) mass is 616 g/mol. The van der Waals surface area contributed by atoms with Crippen LogP contribution in [0.25, 0.3) is 10.4 Å². The van der Waals surface area contributed by atoms with Gasteiger partial charge in [0, 0.05) is 24.8 Å². The summed E-state index contributed by atoms with van der Waals surface area (Å²) in [7, 11) is -1.89. The molecule has 1 aromatic carbocycles. The van der Waals surface area contributed by atoms with E-state index < -0.39 is 27.6 Å². The summed E-state index contributed by atoms with van der Waals surface area (Å²) in [5.74, 6) is -0.786. The molecular formula is C25H33BrN2O7S2. The Hall–Kier alpha value is -2.15. The molecule has 3 rings (SSSR count). The number of hydrogen-bond donors (Lipinski definition) is 1. The van der Waals surface area contributed by atoms with Crippen molar-refractivity contribution in [2.75, 3.05) is 37.9 Å². The summed E-state index contributed by atoms with van der Waals surface area (Å²) >= 11 is 4.74. The molecule has 0 aliphatic carbocycles. The fraction of sp³-hybridized carbons (Fsp3) is 0.520. The number of esters is 2. The van der Waals surface area contributed by atoms with Crippen molar-refractivity contribution in [3.63, 3.8) is 0 Å². The predicted octanol–water partition coefficient (Wildman–Crippen LogP) is 4.91. The molecule has 1 fully saturated rings. The molecule has 2 heterocycles. The van der Waals surface area contributed by atoms with Gasteiger partial charge in [-0.25, -0.2) is 22.3 Å². The van der Waals surface area contributed by atoms with Gasteiger partial charge in [-0.1, -0.05) is 12.1 Å². The number of piperidine rings is 1. The highest BCUT2D eigenvalue weighted by Crippen LogP contribution is 2.46. The summed E-state index contributed by atoms with van der Waals surface area (Å²) in [5.41, 5.74) is 1.06. The highest BCUT2D eigenvalue weighted by atomic mass is 79.9. The van der Waals surface area contributed by atoms with Crippen LogP contribution in [0, 0.1) is 0 Å². The van der Waals surface area contributed by atoms with E-state index in [1.807, 2.05) is 24.3 Å². The third-order valence-corrected chi connectivity index (χ3v) is 9.74. The Kier molecular flexibility index (Phi) is 9.65. The van der Waals surface area contributed by atoms with Gasteiger partial charge in [-0.05, 0) is 74.2 Å². The molecule has 0 bridgehead atoms. The summed E-state index contributed by atoms with van der Waals surface area (Å²) < 4.78 is 42.3. The van der Waals surface area contributed by atoms with E-state index in [-0.39, 0.29) is 29.0 Å². The van der Waals surface area contributed by atoms with E-state index in [0.717, 1.165) is 16.1 Å². The lowest BCUT2D eigenvalue weighted by Crippen LogP contribution is -2.42. The van der Waals surface area contributed by atoms with Crippen LogP contribution in [0.5, 0.6) is 5.75 Å². The summed E-state index contributed by atoms with van der Waals surface area (Å²) in [6.07, 6.45) is 1.42. The minimum Gasteiger partial charge on any atom is -0.479 e. The van der Waals surface area contributed by atoms with Gasteiger partial charge in [-0.3, -0.25) is 0 Å². The van der Waals surface area contributed by atoms with Crippen LogP contribution < -0.4 is 10.1 Å². The van der Waals surface area contributed by atoms with Gasteiger partial charge in [0.25, 0.3) is 0 Å². The number of anilines is 1. The van der Waals surface area contributed by atoms with Crippen LogP contribution in [-0.2, 0) is 24.3 Å². The average Bonchev–Trinajstić information content (AvgIpc) is 3.17. The fourth-order valence-corrected chi connectivity index (χ4v) is 6.99. The maximum Gasteiger partial charge on any atom is 0.351 e. The maximum atomic E-state index is 12.5. The Morgan fingerprint density at radius 1 is 1.22 bits per heavy atom. The van der Waals surface area contributed by atoms with Crippen molar-refractivity contribution in [1.82, 2.24) is 4.31 Å². The van der Waals surface area contributed by atoms with Crippen molar-refractivity contribution < 1.29 is 32.2 Å². The van der Waals surface area contributed by atoms with Crippen molar-refractivity contribution in [2.45, 2.75) is 52.2 Å². The molecule has 1 aromatic heterocycles. The number of rotatable bonds is 9. The fourth-order valence-electron chi connectivity index (χ4n) is 3.89. The molecule has 9 nitrogen and oxygen atoms in total. The molecule has 0 radical (unpaired) electrons. The highest BCUT2D eigenvalue weighted by Gasteiger charge is 2.28. The van der Waals surface area contributed by atoms with Gasteiger partial charge in [0.15, 0.2) is 17.2 Å². The smallest absolute Gasteiger partial charge is 0.351 e. The molecular weight excluding hydrogens is 584 g/mol. The number of methoxy groups -OCH3 is 1. The largest absolute Gasteiger partial charge is 0.479 e. The summed E-state index contributed by atoms with van der Waals surface area (Å²) in [6.45, 7) is 7.58. The zero-order valence-corrected chi connectivity index (χ0v) is 24.8. The molecule has 37 heavy (non-hydrogen) atoms. The number of ether oxygens (including phenoxy) is 3. The number of carbonyl (C=O) groups excluding carboxylic acids is 2. The third-order valence-electron chi connectivity index (χ3n) is 5.64. The first kappa shape index (κ1) is 29.4. The first-order valence-electron chi connectivity index (χ1n) is 11.9. The van der Waals surface area contributed by atoms with Gasteiger partial charge in [-0.15, -0.1) is 11.3 Å². The summed E-state index contributed by atoms with van der Waals surface area (Å²) in [5, 5.41) is 3.50. The van der Waals surface area contributed by atoms with E-state index in [0.29, 0.717) is 30.4 Å². The van der Waals surface area contributed by atoms with Crippen LogP contribution in [0.2, 0.25) is 0 Å².